The van der Waals surface area contributed by atoms with Crippen molar-refractivity contribution in [3.05, 3.63) is 0 Å². The van der Waals surface area contributed by atoms with E-state index in [1.165, 1.54) is 162 Å². The van der Waals surface area contributed by atoms with Gasteiger partial charge in [0.05, 0.1) is 38.4 Å². The number of piperazine rings is 3. The Kier molecular flexibility index (Phi) is 16.7. The number of nitrogens with one attached hydrogen (secondary N) is 1. The van der Waals surface area contributed by atoms with Crippen molar-refractivity contribution in [2.45, 2.75) is 76.8 Å². The van der Waals surface area contributed by atoms with Crippen LogP contribution in [0.2, 0.25) is 0 Å². The predicted molar refractivity (Wildman–Crippen MR) is 185 cm³/mol. The molecule has 9 aliphatic heterocycles. The molecule has 8 fully saturated rings. The maximum atomic E-state index is 5.71. The molecule has 10 heteroatoms. The van der Waals surface area contributed by atoms with Gasteiger partial charge in [-0.05, 0) is 71.1 Å². The zero-order chi connectivity index (χ0) is 30.8. The lowest BCUT2D eigenvalue weighted by Crippen LogP contribution is -2.55. The smallest absolute Gasteiger partial charge is 0.0989 e. The molecule has 0 amide bonds. The molecule has 8 saturated heterocycles. The summed E-state index contributed by atoms with van der Waals surface area (Å²) in [5.41, 5.74) is 0. The number of hydrogen-bond donors (Lipinski definition) is 1. The fraction of sp³-hybridized carbons (Fsp3) is 0.971. The second-order valence-electron chi connectivity index (χ2n) is 14.1. The van der Waals surface area contributed by atoms with Crippen molar-refractivity contribution in [1.29, 1.82) is 0 Å². The molecule has 10 nitrogen and oxygen atoms in total. The van der Waals surface area contributed by atoms with Crippen LogP contribution in [0.5, 0.6) is 0 Å². The molecule has 260 valence electrons. The first-order valence-corrected chi connectivity index (χ1v) is 19.1. The third-order valence-electron chi connectivity index (χ3n) is 10.8. The zero-order valence-corrected chi connectivity index (χ0v) is 28.9. The van der Waals surface area contributed by atoms with Crippen LogP contribution < -0.4 is 5.32 Å². The molecule has 0 saturated carbocycles. The number of nitrogens with zero attached hydrogens (tertiary/aromatic N) is 7. The van der Waals surface area contributed by atoms with Gasteiger partial charge in [0.1, 0.15) is 0 Å². The summed E-state index contributed by atoms with van der Waals surface area (Å²) in [6, 6.07) is 0. The van der Waals surface area contributed by atoms with E-state index >= 15 is 0 Å². The molecule has 2 bridgehead atoms. The Balaban J connectivity index is 0.000000124. The number of amidine groups is 1. The summed E-state index contributed by atoms with van der Waals surface area (Å²) in [5, 5.41) is 3.59. The van der Waals surface area contributed by atoms with Crippen molar-refractivity contribution in [3.8, 4) is 0 Å². The summed E-state index contributed by atoms with van der Waals surface area (Å²) in [5.74, 6) is 1.38. The Hall–Kier alpha value is -0.850. The van der Waals surface area contributed by atoms with Crippen LogP contribution in [0, 0.1) is 0 Å². The Bertz CT molecular complexity index is 741. The molecule has 9 heterocycles. The van der Waals surface area contributed by atoms with Crippen LogP contribution in [0.15, 0.2) is 4.99 Å². The van der Waals surface area contributed by atoms with Gasteiger partial charge in [0.2, 0.25) is 0 Å². The summed E-state index contributed by atoms with van der Waals surface area (Å²) >= 11 is 0. The number of piperidine rings is 1. The largest absolute Gasteiger partial charge is 0.379 e. The summed E-state index contributed by atoms with van der Waals surface area (Å²) < 4.78 is 11.0. The van der Waals surface area contributed by atoms with Crippen molar-refractivity contribution in [1.82, 2.24) is 34.7 Å². The second-order valence-corrected chi connectivity index (χ2v) is 14.1. The van der Waals surface area contributed by atoms with Gasteiger partial charge < -0.3 is 24.6 Å². The van der Waals surface area contributed by atoms with E-state index in [1.807, 2.05) is 0 Å². The number of fused-ring (bicyclic) bond motifs is 5. The van der Waals surface area contributed by atoms with Crippen LogP contribution in [0.1, 0.15) is 70.6 Å². The summed E-state index contributed by atoms with van der Waals surface area (Å²) in [6.45, 7) is 25.8. The first kappa shape index (κ1) is 35.5. The maximum Gasteiger partial charge on any atom is 0.0989 e. The van der Waals surface area contributed by atoms with Crippen molar-refractivity contribution in [2.24, 2.45) is 4.99 Å². The van der Waals surface area contributed by atoms with E-state index in [9.17, 15) is 0 Å². The van der Waals surface area contributed by atoms with E-state index in [4.69, 9.17) is 9.47 Å². The molecule has 45 heavy (non-hydrogen) atoms. The van der Waals surface area contributed by atoms with Crippen molar-refractivity contribution in [3.63, 3.8) is 0 Å². The van der Waals surface area contributed by atoms with E-state index in [2.05, 4.69) is 39.7 Å². The van der Waals surface area contributed by atoms with Gasteiger partial charge in [-0.2, -0.15) is 0 Å². The molecule has 0 spiro atoms. The molecule has 1 N–H and O–H groups in total. The average Bonchev–Trinajstić information content (AvgIpc) is 3.48. The van der Waals surface area contributed by atoms with Crippen LogP contribution in [0.4, 0.5) is 0 Å². The van der Waals surface area contributed by atoms with Gasteiger partial charge in [-0.3, -0.25) is 24.6 Å². The van der Waals surface area contributed by atoms with Gasteiger partial charge in [0.25, 0.3) is 0 Å². The van der Waals surface area contributed by atoms with Gasteiger partial charge in [0, 0.05) is 98.0 Å². The van der Waals surface area contributed by atoms with Gasteiger partial charge in [-0.25, -0.2) is 0 Å². The monoisotopic (exact) mass is 633 g/mol. The lowest BCUT2D eigenvalue weighted by molar-refractivity contribution is 0.0173. The van der Waals surface area contributed by atoms with Gasteiger partial charge in [-0.15, -0.1) is 0 Å². The lowest BCUT2D eigenvalue weighted by atomic mass is 10.1. The van der Waals surface area contributed by atoms with Crippen LogP contribution >= 0.6 is 0 Å². The SMILES string of the molecule is C1CCC2NCCCN2CC1.C1CCN(CCOCCN2CCOCC2)CC1.C1CN2CCN1CC2.C1CN=C2CCCN2C1. The molecule has 1 atom stereocenters. The molecule has 0 aromatic rings. The Morgan fingerprint density at radius 2 is 1.24 bits per heavy atom. The van der Waals surface area contributed by atoms with E-state index in [-0.39, 0.29) is 0 Å². The fourth-order valence-electron chi connectivity index (χ4n) is 7.84. The predicted octanol–water partition coefficient (Wildman–Crippen LogP) is 2.50. The first-order chi connectivity index (χ1) is 22.3. The second kappa shape index (κ2) is 21.2. The molecule has 9 aliphatic rings. The van der Waals surface area contributed by atoms with Gasteiger partial charge in [0.15, 0.2) is 0 Å². The number of hydrogen-bond acceptors (Lipinski definition) is 10. The molecule has 0 aromatic heterocycles. The minimum absolute atomic E-state index is 0.728. The maximum absolute atomic E-state index is 5.71. The highest BCUT2D eigenvalue weighted by Crippen LogP contribution is 2.17. The molecule has 0 aliphatic carbocycles. The number of morpholine rings is 1. The quantitative estimate of drug-likeness (QED) is 0.446. The number of rotatable bonds is 6. The minimum Gasteiger partial charge on any atom is -0.379 e. The molecule has 9 rings (SSSR count). The highest BCUT2D eigenvalue weighted by molar-refractivity contribution is 5.84. The average molecular weight is 633 g/mol. The normalized spacial score (nSPS) is 30.6. The summed E-state index contributed by atoms with van der Waals surface area (Å²) in [4.78, 5) is 19.5. The molecule has 0 aromatic carbocycles. The highest BCUT2D eigenvalue weighted by Gasteiger charge is 2.23. The van der Waals surface area contributed by atoms with Crippen LogP contribution in [-0.4, -0.2) is 186 Å². The Morgan fingerprint density at radius 3 is 1.93 bits per heavy atom. The van der Waals surface area contributed by atoms with Crippen LogP contribution in [-0.2, 0) is 9.47 Å². The van der Waals surface area contributed by atoms with E-state index in [0.29, 0.717) is 0 Å². The topological polar surface area (TPSA) is 62.3 Å². The van der Waals surface area contributed by atoms with Crippen molar-refractivity contribution in [2.75, 3.05) is 144 Å². The zero-order valence-electron chi connectivity index (χ0n) is 28.9. The molecule has 0 radical (unpaired) electrons. The molecular weight excluding hydrogens is 564 g/mol. The number of ether oxygens (including phenoxy) is 2. The minimum atomic E-state index is 0.728. The highest BCUT2D eigenvalue weighted by atomic mass is 16.5. The van der Waals surface area contributed by atoms with E-state index < -0.39 is 0 Å². The third kappa shape index (κ3) is 13.3. The lowest BCUT2D eigenvalue weighted by Gasteiger charge is -2.41. The van der Waals surface area contributed by atoms with E-state index in [0.717, 1.165) is 65.3 Å². The third-order valence-corrected chi connectivity index (χ3v) is 10.8. The number of likely N-dealkylation sites (tertiary alicyclic amines) is 1. The fourth-order valence-corrected chi connectivity index (χ4v) is 7.84. The first-order valence-electron chi connectivity index (χ1n) is 19.1. The van der Waals surface area contributed by atoms with Crippen LogP contribution in [0.25, 0.3) is 0 Å². The van der Waals surface area contributed by atoms with Crippen molar-refractivity contribution >= 4 is 5.84 Å². The van der Waals surface area contributed by atoms with E-state index in [1.54, 1.807) is 0 Å². The Morgan fingerprint density at radius 1 is 0.622 bits per heavy atom. The standard InChI is InChI=1S/C13H26N2O2.C9H18N2.C7H12N2.C6H12N2/c1-2-4-14(5-3-1)6-10-16-11-7-15-8-12-17-13-9-15;1-2-5-9-10-6-4-8-11(9)7-3-1;1-3-7-8-4-2-6-9(7)5-1;1-2-8-5-3-7(1)4-6-8/h1-13H2;9-10H,1-8H2;1-6H2;1-6H2. The van der Waals surface area contributed by atoms with Crippen LogP contribution in [0.3, 0.4) is 0 Å². The number of aliphatic imine (C=N–C) groups is 1. The van der Waals surface area contributed by atoms with Gasteiger partial charge >= 0.3 is 0 Å². The Labute approximate surface area is 275 Å². The van der Waals surface area contributed by atoms with Crippen molar-refractivity contribution < 1.29 is 9.47 Å². The molecule has 1 unspecified atom stereocenters. The van der Waals surface area contributed by atoms with Gasteiger partial charge in [-0.1, -0.05) is 19.3 Å². The molecular formula is C35H68N8O2. The summed E-state index contributed by atoms with van der Waals surface area (Å²) in [6.07, 6.45) is 15.7. The summed E-state index contributed by atoms with van der Waals surface area (Å²) in [7, 11) is 0.